The molecule has 3 amide bonds. The van der Waals surface area contributed by atoms with E-state index in [1.54, 1.807) is 48.1 Å². The largest absolute Gasteiger partial charge is 0.323 e. The molecule has 0 bridgehead atoms. The van der Waals surface area contributed by atoms with E-state index in [1.165, 1.54) is 0 Å². The molecule has 1 aromatic heterocycles. The zero-order chi connectivity index (χ0) is 22.7. The van der Waals surface area contributed by atoms with Crippen LogP contribution in [-0.4, -0.2) is 64.7 Å². The number of carbonyl (C=O) groups is 2. The fraction of sp³-hybridized carbons (Fsp3) is 0.261. The molecule has 0 saturated carbocycles. The lowest BCUT2D eigenvalue weighted by Gasteiger charge is -2.32. The lowest BCUT2D eigenvalue weighted by molar-refractivity contribution is 0.102. The molecular formula is C23H25ClN6O2. The number of nitrogens with zero attached hydrogens (tertiary/aromatic N) is 4. The Kier molecular flexibility index (Phi) is 6.43. The first-order valence-corrected chi connectivity index (χ1v) is 10.7. The van der Waals surface area contributed by atoms with Crippen LogP contribution in [0, 0.1) is 0 Å². The minimum Gasteiger partial charge on any atom is -0.322 e. The lowest BCUT2D eigenvalue weighted by atomic mass is 10.1. The quantitative estimate of drug-likeness (QED) is 0.631. The topological polar surface area (TPSA) is 82.5 Å². The Hall–Kier alpha value is -3.36. The van der Waals surface area contributed by atoms with Crippen LogP contribution in [0.5, 0.6) is 0 Å². The van der Waals surface area contributed by atoms with Crippen molar-refractivity contribution >= 4 is 35.0 Å². The fourth-order valence-corrected chi connectivity index (χ4v) is 3.71. The van der Waals surface area contributed by atoms with E-state index in [9.17, 15) is 9.59 Å². The van der Waals surface area contributed by atoms with Crippen LogP contribution in [0.2, 0.25) is 5.02 Å². The monoisotopic (exact) mass is 452 g/mol. The number of amides is 3. The summed E-state index contributed by atoms with van der Waals surface area (Å²) < 4.78 is 1.65. The summed E-state index contributed by atoms with van der Waals surface area (Å²) in [5.41, 5.74) is 2.67. The zero-order valence-corrected chi connectivity index (χ0v) is 18.8. The second kappa shape index (κ2) is 9.42. The Bertz CT molecular complexity index is 1120. The molecule has 9 heteroatoms. The number of urea groups is 1. The van der Waals surface area contributed by atoms with Crippen molar-refractivity contribution in [2.75, 3.05) is 43.9 Å². The zero-order valence-electron chi connectivity index (χ0n) is 18.0. The fourth-order valence-electron chi connectivity index (χ4n) is 3.49. The van der Waals surface area contributed by atoms with Crippen LogP contribution in [0.25, 0.3) is 11.3 Å². The van der Waals surface area contributed by atoms with E-state index in [-0.39, 0.29) is 11.9 Å². The van der Waals surface area contributed by atoms with E-state index in [2.05, 4.69) is 27.7 Å². The average molecular weight is 453 g/mol. The highest BCUT2D eigenvalue weighted by molar-refractivity contribution is 6.34. The van der Waals surface area contributed by atoms with Crippen LogP contribution in [0.3, 0.4) is 0 Å². The van der Waals surface area contributed by atoms with Crippen molar-refractivity contribution in [3.05, 3.63) is 65.2 Å². The van der Waals surface area contributed by atoms with Crippen molar-refractivity contribution in [2.45, 2.75) is 0 Å². The molecule has 1 aliphatic rings. The van der Waals surface area contributed by atoms with Crippen LogP contribution in [0.4, 0.5) is 16.3 Å². The maximum atomic E-state index is 12.6. The van der Waals surface area contributed by atoms with Crippen molar-refractivity contribution in [3.63, 3.8) is 0 Å². The second-order valence-electron chi connectivity index (χ2n) is 7.77. The number of benzene rings is 2. The first kappa shape index (κ1) is 21.9. The van der Waals surface area contributed by atoms with Gasteiger partial charge in [0.25, 0.3) is 5.91 Å². The van der Waals surface area contributed by atoms with Gasteiger partial charge in [0, 0.05) is 50.5 Å². The Morgan fingerprint density at radius 2 is 1.62 bits per heavy atom. The third-order valence-corrected chi connectivity index (χ3v) is 5.79. The van der Waals surface area contributed by atoms with Gasteiger partial charge in [-0.15, -0.1) is 0 Å². The number of piperazine rings is 1. The highest BCUT2D eigenvalue weighted by Crippen LogP contribution is 2.24. The van der Waals surface area contributed by atoms with E-state index < -0.39 is 0 Å². The van der Waals surface area contributed by atoms with Gasteiger partial charge >= 0.3 is 6.03 Å². The van der Waals surface area contributed by atoms with Gasteiger partial charge in [0.15, 0.2) is 0 Å². The van der Waals surface area contributed by atoms with Crippen molar-refractivity contribution < 1.29 is 9.59 Å². The minimum absolute atomic E-state index is 0.120. The van der Waals surface area contributed by atoms with Crippen molar-refractivity contribution in [3.8, 4) is 11.3 Å². The highest BCUT2D eigenvalue weighted by Gasteiger charge is 2.20. The molecule has 0 unspecified atom stereocenters. The van der Waals surface area contributed by atoms with Gasteiger partial charge in [0.2, 0.25) is 0 Å². The number of rotatable bonds is 4. The Labute approximate surface area is 191 Å². The van der Waals surface area contributed by atoms with Crippen LogP contribution < -0.4 is 10.6 Å². The first-order valence-electron chi connectivity index (χ1n) is 10.4. The molecule has 3 aromatic rings. The number of aryl methyl sites for hydroxylation is 1. The number of nitrogens with one attached hydrogen (secondary N) is 2. The summed E-state index contributed by atoms with van der Waals surface area (Å²) in [6, 6.07) is 16.0. The summed E-state index contributed by atoms with van der Waals surface area (Å²) in [7, 11) is 3.84. The Morgan fingerprint density at radius 3 is 2.31 bits per heavy atom. The van der Waals surface area contributed by atoms with Gasteiger partial charge in [-0.25, -0.2) is 4.79 Å². The minimum atomic E-state index is -0.268. The van der Waals surface area contributed by atoms with Crippen LogP contribution in [-0.2, 0) is 7.05 Å². The molecule has 2 N–H and O–H groups in total. The third-order valence-electron chi connectivity index (χ3n) is 5.46. The predicted molar refractivity (Wildman–Crippen MR) is 126 cm³/mol. The molecule has 2 aromatic carbocycles. The van der Waals surface area contributed by atoms with E-state index >= 15 is 0 Å². The second-order valence-corrected chi connectivity index (χ2v) is 8.18. The Balaban J connectivity index is 1.42. The van der Waals surface area contributed by atoms with E-state index in [0.717, 1.165) is 24.3 Å². The smallest absolute Gasteiger partial charge is 0.322 e. The maximum Gasteiger partial charge on any atom is 0.323 e. The molecule has 0 aliphatic carbocycles. The predicted octanol–water partition coefficient (Wildman–Crippen LogP) is 3.77. The molecule has 8 nitrogen and oxygen atoms in total. The molecule has 4 rings (SSSR count). The molecule has 0 spiro atoms. The normalized spacial score (nSPS) is 14.3. The first-order chi connectivity index (χ1) is 15.4. The van der Waals surface area contributed by atoms with Gasteiger partial charge in [0.1, 0.15) is 5.82 Å². The molecule has 2 heterocycles. The van der Waals surface area contributed by atoms with Gasteiger partial charge in [-0.2, -0.15) is 5.10 Å². The van der Waals surface area contributed by atoms with Crippen LogP contribution in [0.1, 0.15) is 10.4 Å². The summed E-state index contributed by atoms with van der Waals surface area (Å²) in [6.45, 7) is 3.13. The molecule has 1 fully saturated rings. The summed E-state index contributed by atoms with van der Waals surface area (Å²) >= 11 is 6.09. The van der Waals surface area contributed by atoms with E-state index in [0.29, 0.717) is 35.2 Å². The molecule has 0 radical (unpaired) electrons. The molecule has 1 saturated heterocycles. The van der Waals surface area contributed by atoms with Crippen molar-refractivity contribution in [2.24, 2.45) is 7.05 Å². The standard InChI is InChI=1S/C23H25ClN6O2/c1-28-11-13-30(14-12-28)23(32)26-21-15-20(27-29(21)2)16-7-9-17(10-8-16)25-22(31)18-5-3-4-6-19(18)24/h3-10,15H,11-14H2,1-2H3,(H,25,31)(H,26,32). The lowest BCUT2D eigenvalue weighted by Crippen LogP contribution is -2.48. The summed E-state index contributed by atoms with van der Waals surface area (Å²) in [4.78, 5) is 29.0. The number of hydrogen-bond donors (Lipinski definition) is 2. The number of likely N-dealkylation sites (N-methyl/N-ethyl adjacent to an activating group) is 1. The molecule has 32 heavy (non-hydrogen) atoms. The number of carbonyl (C=O) groups excluding carboxylic acids is 2. The van der Waals surface area contributed by atoms with Gasteiger partial charge in [-0.3, -0.25) is 14.8 Å². The molecule has 166 valence electrons. The van der Waals surface area contributed by atoms with E-state index in [1.807, 2.05) is 23.1 Å². The van der Waals surface area contributed by atoms with Gasteiger partial charge < -0.3 is 15.1 Å². The number of aromatic nitrogens is 2. The van der Waals surface area contributed by atoms with Crippen LogP contribution in [0.15, 0.2) is 54.6 Å². The molecular weight excluding hydrogens is 428 g/mol. The van der Waals surface area contributed by atoms with Gasteiger partial charge in [0.05, 0.1) is 16.3 Å². The average Bonchev–Trinajstić information content (AvgIpc) is 3.15. The van der Waals surface area contributed by atoms with Crippen LogP contribution >= 0.6 is 11.6 Å². The SMILES string of the molecule is CN1CCN(C(=O)Nc2cc(-c3ccc(NC(=O)c4ccccc4Cl)cc3)nn2C)CC1. The number of anilines is 2. The van der Waals surface area contributed by atoms with E-state index in [4.69, 9.17) is 11.6 Å². The van der Waals surface area contributed by atoms with Gasteiger partial charge in [-0.05, 0) is 31.3 Å². The maximum absolute atomic E-state index is 12.6. The number of hydrogen-bond acceptors (Lipinski definition) is 4. The highest BCUT2D eigenvalue weighted by atomic mass is 35.5. The van der Waals surface area contributed by atoms with Crippen molar-refractivity contribution in [1.82, 2.24) is 19.6 Å². The Morgan fingerprint density at radius 1 is 0.938 bits per heavy atom. The van der Waals surface area contributed by atoms with Gasteiger partial charge in [-0.1, -0.05) is 35.9 Å². The third kappa shape index (κ3) is 4.92. The number of halogens is 1. The summed E-state index contributed by atoms with van der Waals surface area (Å²) in [6.07, 6.45) is 0. The summed E-state index contributed by atoms with van der Waals surface area (Å²) in [5, 5.41) is 10.7. The molecule has 0 atom stereocenters. The molecule has 1 aliphatic heterocycles. The van der Waals surface area contributed by atoms with Crippen molar-refractivity contribution in [1.29, 1.82) is 0 Å². The summed E-state index contributed by atoms with van der Waals surface area (Å²) in [5.74, 6) is 0.357.